The third-order valence-electron chi connectivity index (χ3n) is 2.66. The molecule has 0 spiro atoms. The molecule has 5 nitrogen and oxygen atoms in total. The van der Waals surface area contributed by atoms with Crippen LogP contribution in [-0.2, 0) is 4.79 Å². The molecule has 0 saturated heterocycles. The molecular formula is C22H30N2O3. The molecule has 1 aromatic rings. The molecule has 0 aromatic heterocycles. The number of hydrogen-bond acceptors (Lipinski definition) is 3. The Labute approximate surface area is 163 Å². The summed E-state index contributed by atoms with van der Waals surface area (Å²) in [5.41, 5.74) is 0.815. The molecular weight excluding hydrogens is 340 g/mol. The lowest BCUT2D eigenvalue weighted by molar-refractivity contribution is -0.418. The topological polar surface area (TPSA) is 72.2 Å². The first kappa shape index (κ1) is 26.1. The van der Waals surface area contributed by atoms with Gasteiger partial charge >= 0.3 is 0 Å². The maximum absolute atomic E-state index is 10.8. The molecule has 0 unspecified atom stereocenters. The van der Waals surface area contributed by atoms with E-state index in [0.717, 1.165) is 24.5 Å². The van der Waals surface area contributed by atoms with Gasteiger partial charge in [0.05, 0.1) is 4.92 Å². The molecule has 0 aliphatic heterocycles. The number of rotatable bonds is 6. The number of benzene rings is 1. The van der Waals surface area contributed by atoms with Gasteiger partial charge in [-0.05, 0) is 37.6 Å². The fourth-order valence-corrected chi connectivity index (χ4v) is 1.41. The van der Waals surface area contributed by atoms with E-state index in [1.165, 1.54) is 6.20 Å². The van der Waals surface area contributed by atoms with Crippen molar-refractivity contribution in [3.63, 3.8) is 0 Å². The normalized spacial score (nSPS) is 9.19. The molecule has 0 saturated carbocycles. The molecule has 0 aliphatic rings. The van der Waals surface area contributed by atoms with Crippen LogP contribution >= 0.6 is 0 Å². The highest BCUT2D eigenvalue weighted by molar-refractivity contribution is 5.76. The van der Waals surface area contributed by atoms with E-state index in [1.807, 2.05) is 57.2 Å². The van der Waals surface area contributed by atoms with Crippen molar-refractivity contribution in [2.75, 3.05) is 0 Å². The highest BCUT2D eigenvalue weighted by atomic mass is 16.6. The lowest BCUT2D eigenvalue weighted by Crippen LogP contribution is -2.16. The monoisotopic (exact) mass is 370 g/mol. The summed E-state index contributed by atoms with van der Waals surface area (Å²) in [6.45, 7) is 11.1. The van der Waals surface area contributed by atoms with Crippen molar-refractivity contribution >= 4 is 5.91 Å². The zero-order valence-electron chi connectivity index (χ0n) is 16.7. The van der Waals surface area contributed by atoms with Gasteiger partial charge < -0.3 is 5.32 Å². The third kappa shape index (κ3) is 17.5. The van der Waals surface area contributed by atoms with Gasteiger partial charge in [0, 0.05) is 24.3 Å². The highest BCUT2D eigenvalue weighted by Gasteiger charge is 2.00. The first-order valence-electron chi connectivity index (χ1n) is 9.02. The van der Waals surface area contributed by atoms with Crippen molar-refractivity contribution in [2.24, 2.45) is 0 Å². The Bertz CT molecular complexity index is 666. The molecule has 146 valence electrons. The minimum atomic E-state index is -0.623. The summed E-state index contributed by atoms with van der Waals surface area (Å²) >= 11 is 0. The Morgan fingerprint density at radius 3 is 2.41 bits per heavy atom. The zero-order chi connectivity index (χ0) is 20.9. The zero-order valence-corrected chi connectivity index (χ0v) is 16.7. The van der Waals surface area contributed by atoms with E-state index in [1.54, 1.807) is 0 Å². The van der Waals surface area contributed by atoms with Crippen LogP contribution in [0.25, 0.3) is 0 Å². The van der Waals surface area contributed by atoms with Gasteiger partial charge in [-0.15, -0.1) is 0 Å². The molecule has 0 aliphatic carbocycles. The van der Waals surface area contributed by atoms with Gasteiger partial charge in [0.15, 0.2) is 0 Å². The first-order chi connectivity index (χ1) is 13.0. The van der Waals surface area contributed by atoms with E-state index in [0.29, 0.717) is 6.42 Å². The largest absolute Gasteiger partial charge is 0.332 e. The quantitative estimate of drug-likeness (QED) is 0.322. The van der Waals surface area contributed by atoms with Crippen LogP contribution < -0.4 is 5.32 Å². The average Bonchev–Trinajstić information content (AvgIpc) is 2.68. The number of nitro groups is 1. The van der Waals surface area contributed by atoms with Gasteiger partial charge in [0.1, 0.15) is 0 Å². The van der Waals surface area contributed by atoms with E-state index >= 15 is 0 Å². The SMILES string of the molecule is C=C(/C=C/NC(=O)CCC)[N+](=O)[O-].CC.CC/C=C/C#Cc1ccccc1. The van der Waals surface area contributed by atoms with Gasteiger partial charge in [0.25, 0.3) is 5.70 Å². The number of allylic oxidation sites excluding steroid dienone is 3. The lowest BCUT2D eigenvalue weighted by Gasteiger charge is -1.95. The van der Waals surface area contributed by atoms with Gasteiger partial charge in [-0.1, -0.05) is 63.8 Å². The minimum absolute atomic E-state index is 0.158. The van der Waals surface area contributed by atoms with Gasteiger partial charge in [0.2, 0.25) is 5.91 Å². The van der Waals surface area contributed by atoms with Crippen molar-refractivity contribution < 1.29 is 9.72 Å². The van der Waals surface area contributed by atoms with Crippen LogP contribution in [0.3, 0.4) is 0 Å². The molecule has 1 rings (SSSR count). The van der Waals surface area contributed by atoms with Crippen LogP contribution in [0.2, 0.25) is 0 Å². The van der Waals surface area contributed by atoms with Gasteiger partial charge in [-0.2, -0.15) is 0 Å². The van der Waals surface area contributed by atoms with Crippen molar-refractivity contribution in [1.29, 1.82) is 0 Å². The second-order valence-electron chi connectivity index (χ2n) is 4.85. The summed E-state index contributed by atoms with van der Waals surface area (Å²) in [6, 6.07) is 9.99. The van der Waals surface area contributed by atoms with Crippen LogP contribution in [0, 0.1) is 22.0 Å². The van der Waals surface area contributed by atoms with E-state index in [2.05, 4.69) is 36.7 Å². The Balaban J connectivity index is 0. The second-order valence-corrected chi connectivity index (χ2v) is 4.85. The number of carbonyl (C=O) groups excluding carboxylic acids is 1. The third-order valence-corrected chi connectivity index (χ3v) is 2.66. The Morgan fingerprint density at radius 2 is 1.89 bits per heavy atom. The first-order valence-corrected chi connectivity index (χ1v) is 9.02. The molecule has 27 heavy (non-hydrogen) atoms. The molecule has 5 heteroatoms. The van der Waals surface area contributed by atoms with Gasteiger partial charge in [-0.25, -0.2) is 0 Å². The predicted molar refractivity (Wildman–Crippen MR) is 112 cm³/mol. The van der Waals surface area contributed by atoms with Gasteiger partial charge in [-0.3, -0.25) is 14.9 Å². The maximum Gasteiger partial charge on any atom is 0.263 e. The fraction of sp³-hybridized carbons (Fsp3) is 0.318. The number of hydrogen-bond donors (Lipinski definition) is 1. The van der Waals surface area contributed by atoms with E-state index in [-0.39, 0.29) is 11.6 Å². The molecule has 1 amide bonds. The van der Waals surface area contributed by atoms with E-state index in [4.69, 9.17) is 0 Å². The molecule has 0 heterocycles. The summed E-state index contributed by atoms with van der Waals surface area (Å²) < 4.78 is 0. The Morgan fingerprint density at radius 1 is 1.26 bits per heavy atom. The summed E-state index contributed by atoms with van der Waals surface area (Å²) in [5, 5.41) is 12.4. The Hall–Kier alpha value is -3.13. The number of carbonyl (C=O) groups is 1. The average molecular weight is 370 g/mol. The van der Waals surface area contributed by atoms with E-state index in [9.17, 15) is 14.9 Å². The molecule has 1 N–H and O–H groups in total. The fourth-order valence-electron chi connectivity index (χ4n) is 1.41. The second kappa shape index (κ2) is 19.2. The summed E-state index contributed by atoms with van der Waals surface area (Å²) in [7, 11) is 0. The van der Waals surface area contributed by atoms with Crippen LogP contribution in [-0.4, -0.2) is 10.8 Å². The lowest BCUT2D eigenvalue weighted by atomic mass is 10.2. The van der Waals surface area contributed by atoms with Crippen LogP contribution in [0.5, 0.6) is 0 Å². The van der Waals surface area contributed by atoms with Crippen molar-refractivity contribution in [3.8, 4) is 11.8 Å². The standard InChI is InChI=1S/C12H12.C8H12N2O3.C2H6/c1-2-3-4-6-9-12-10-7-5-8-11-12;1-3-4-8(11)9-6-5-7(2)10(12)13;1-2/h3-5,7-8,10-11H,2H2,1H3;5-6H,2-4H2,1H3,(H,9,11);1-2H3/b4-3+;6-5+;. The molecule has 1 aromatic carbocycles. The summed E-state index contributed by atoms with van der Waals surface area (Å²) in [5.74, 6) is 5.86. The van der Waals surface area contributed by atoms with Crippen LogP contribution in [0.1, 0.15) is 52.5 Å². The van der Waals surface area contributed by atoms with Crippen molar-refractivity contribution in [3.05, 3.63) is 82.7 Å². The summed E-state index contributed by atoms with van der Waals surface area (Å²) in [6.07, 6.45) is 8.52. The molecule has 0 bridgehead atoms. The predicted octanol–water partition coefficient (Wildman–Crippen LogP) is 5.24. The maximum atomic E-state index is 10.8. The minimum Gasteiger partial charge on any atom is -0.332 e. The van der Waals surface area contributed by atoms with Crippen LogP contribution in [0.4, 0.5) is 0 Å². The van der Waals surface area contributed by atoms with E-state index < -0.39 is 4.92 Å². The van der Waals surface area contributed by atoms with Crippen molar-refractivity contribution in [1.82, 2.24) is 5.32 Å². The van der Waals surface area contributed by atoms with Crippen LogP contribution in [0.15, 0.2) is 67.0 Å². The molecule has 0 atom stereocenters. The summed E-state index contributed by atoms with van der Waals surface area (Å²) in [4.78, 5) is 20.3. The van der Waals surface area contributed by atoms with Crippen molar-refractivity contribution in [2.45, 2.75) is 47.0 Å². The number of nitrogens with zero attached hydrogens (tertiary/aromatic N) is 1. The number of amides is 1. The number of nitrogens with one attached hydrogen (secondary N) is 1. The Kier molecular flexibility index (Phi) is 18.6. The highest BCUT2D eigenvalue weighted by Crippen LogP contribution is 1.94. The molecule has 0 fully saturated rings. The molecule has 0 radical (unpaired) electrons. The smallest absolute Gasteiger partial charge is 0.263 e.